The van der Waals surface area contributed by atoms with Crippen molar-refractivity contribution in [2.45, 2.75) is 33.4 Å². The van der Waals surface area contributed by atoms with Gasteiger partial charge in [0.15, 0.2) is 0 Å². The zero-order valence-corrected chi connectivity index (χ0v) is 12.4. The standard InChI is InChI=1S/C14H17F2N3O3/c1-8(2)17-12(20)13(21)19-18-9(3)10-5-4-6-11(7-10)22-14(15)16/h4-8,14H,1-3H3,(H,17,20)(H,19,21)/b18-9-. The van der Waals surface area contributed by atoms with E-state index in [0.29, 0.717) is 11.3 Å². The molecule has 22 heavy (non-hydrogen) atoms. The predicted molar refractivity (Wildman–Crippen MR) is 76.7 cm³/mol. The molecular formula is C14H17F2N3O3. The van der Waals surface area contributed by atoms with Crippen LogP contribution in [0.2, 0.25) is 0 Å². The van der Waals surface area contributed by atoms with Gasteiger partial charge >= 0.3 is 18.4 Å². The van der Waals surface area contributed by atoms with Crippen molar-refractivity contribution in [1.29, 1.82) is 0 Å². The Bertz CT molecular complexity index is 574. The molecule has 2 N–H and O–H groups in total. The molecule has 0 unspecified atom stereocenters. The topological polar surface area (TPSA) is 79.8 Å². The first kappa shape index (κ1) is 17.5. The van der Waals surface area contributed by atoms with E-state index in [1.165, 1.54) is 18.2 Å². The highest BCUT2D eigenvalue weighted by Gasteiger charge is 2.13. The summed E-state index contributed by atoms with van der Waals surface area (Å²) in [5.74, 6) is -1.74. The first-order valence-corrected chi connectivity index (χ1v) is 6.50. The van der Waals surface area contributed by atoms with Crippen molar-refractivity contribution in [1.82, 2.24) is 10.7 Å². The van der Waals surface area contributed by atoms with Gasteiger partial charge in [-0.3, -0.25) is 9.59 Å². The Labute approximate surface area is 126 Å². The quantitative estimate of drug-likeness (QED) is 0.493. The number of carbonyl (C=O) groups is 2. The number of nitrogens with zero attached hydrogens (tertiary/aromatic N) is 1. The van der Waals surface area contributed by atoms with Crippen molar-refractivity contribution in [2.75, 3.05) is 0 Å². The summed E-state index contributed by atoms with van der Waals surface area (Å²) < 4.78 is 28.6. The van der Waals surface area contributed by atoms with Gasteiger partial charge in [-0.1, -0.05) is 12.1 Å². The number of hydrogen-bond acceptors (Lipinski definition) is 4. The van der Waals surface area contributed by atoms with E-state index in [2.05, 4.69) is 20.6 Å². The van der Waals surface area contributed by atoms with Gasteiger partial charge in [0, 0.05) is 11.6 Å². The maximum Gasteiger partial charge on any atom is 0.387 e. The second-order valence-electron chi connectivity index (χ2n) is 4.67. The van der Waals surface area contributed by atoms with Gasteiger partial charge in [0.25, 0.3) is 0 Å². The average molecular weight is 313 g/mol. The largest absolute Gasteiger partial charge is 0.435 e. The van der Waals surface area contributed by atoms with Crippen molar-refractivity contribution in [3.63, 3.8) is 0 Å². The van der Waals surface area contributed by atoms with Gasteiger partial charge in [-0.25, -0.2) is 5.43 Å². The number of amides is 2. The zero-order chi connectivity index (χ0) is 16.7. The van der Waals surface area contributed by atoms with Gasteiger partial charge in [-0.15, -0.1) is 0 Å². The van der Waals surface area contributed by atoms with Crippen LogP contribution in [-0.2, 0) is 9.59 Å². The van der Waals surface area contributed by atoms with Crippen LogP contribution in [0.5, 0.6) is 5.75 Å². The summed E-state index contributed by atoms with van der Waals surface area (Å²) in [7, 11) is 0. The van der Waals surface area contributed by atoms with E-state index in [1.807, 2.05) is 0 Å². The van der Waals surface area contributed by atoms with Crippen LogP contribution in [0, 0.1) is 0 Å². The van der Waals surface area contributed by atoms with Crippen LogP contribution >= 0.6 is 0 Å². The number of alkyl halides is 2. The molecule has 0 heterocycles. The number of carbonyl (C=O) groups excluding carboxylic acids is 2. The first-order valence-electron chi connectivity index (χ1n) is 6.50. The smallest absolute Gasteiger partial charge is 0.387 e. The Morgan fingerprint density at radius 3 is 2.50 bits per heavy atom. The van der Waals surface area contributed by atoms with Gasteiger partial charge in [-0.2, -0.15) is 13.9 Å². The number of rotatable bonds is 5. The maximum atomic E-state index is 12.1. The molecule has 0 aliphatic heterocycles. The molecule has 0 saturated carbocycles. The van der Waals surface area contributed by atoms with Crippen molar-refractivity contribution >= 4 is 17.5 Å². The van der Waals surface area contributed by atoms with Crippen LogP contribution in [0.4, 0.5) is 8.78 Å². The van der Waals surface area contributed by atoms with Crippen molar-refractivity contribution in [2.24, 2.45) is 5.10 Å². The molecule has 0 aromatic heterocycles. The van der Waals surface area contributed by atoms with Gasteiger partial charge in [-0.05, 0) is 32.9 Å². The fourth-order valence-electron chi connectivity index (χ4n) is 1.48. The van der Waals surface area contributed by atoms with E-state index < -0.39 is 18.4 Å². The SMILES string of the molecule is C/C(=N/NC(=O)C(=O)NC(C)C)c1cccc(OC(F)F)c1. The lowest BCUT2D eigenvalue weighted by molar-refractivity contribution is -0.139. The molecule has 0 bridgehead atoms. The third-order valence-electron chi connectivity index (χ3n) is 2.43. The molecule has 1 aromatic carbocycles. The molecule has 0 fully saturated rings. The van der Waals surface area contributed by atoms with Crippen LogP contribution in [0.15, 0.2) is 29.4 Å². The third kappa shape index (κ3) is 5.86. The Hall–Kier alpha value is -2.51. The first-order chi connectivity index (χ1) is 10.3. The van der Waals surface area contributed by atoms with E-state index in [9.17, 15) is 18.4 Å². The number of hydrogen-bond donors (Lipinski definition) is 2. The highest BCUT2D eigenvalue weighted by atomic mass is 19.3. The van der Waals surface area contributed by atoms with Crippen LogP contribution in [0.1, 0.15) is 26.3 Å². The summed E-state index contributed by atoms with van der Waals surface area (Å²) in [4.78, 5) is 22.9. The minimum Gasteiger partial charge on any atom is -0.435 e. The minimum absolute atomic E-state index is 0.0223. The number of hydrazone groups is 1. The second kappa shape index (κ2) is 8.06. The van der Waals surface area contributed by atoms with E-state index in [4.69, 9.17) is 0 Å². The van der Waals surface area contributed by atoms with Crippen molar-refractivity contribution in [3.05, 3.63) is 29.8 Å². The van der Waals surface area contributed by atoms with E-state index >= 15 is 0 Å². The fourth-order valence-corrected chi connectivity index (χ4v) is 1.48. The number of halogens is 2. The van der Waals surface area contributed by atoms with Gasteiger partial charge < -0.3 is 10.1 Å². The average Bonchev–Trinajstić information content (AvgIpc) is 2.43. The molecular weight excluding hydrogens is 296 g/mol. The summed E-state index contributed by atoms with van der Waals surface area (Å²) in [6.07, 6.45) is 0. The normalized spacial score (nSPS) is 11.5. The molecule has 0 spiro atoms. The lowest BCUT2D eigenvalue weighted by Gasteiger charge is -2.08. The molecule has 0 aliphatic rings. The Balaban J connectivity index is 2.72. The molecule has 120 valence electrons. The summed E-state index contributed by atoms with van der Waals surface area (Å²) in [5, 5.41) is 6.17. The molecule has 8 heteroatoms. The molecule has 1 aromatic rings. The van der Waals surface area contributed by atoms with Gasteiger partial charge in [0.2, 0.25) is 0 Å². The maximum absolute atomic E-state index is 12.1. The molecule has 0 aliphatic carbocycles. The minimum atomic E-state index is -2.92. The predicted octanol–water partition coefficient (Wildman–Crippen LogP) is 1.65. The lowest BCUT2D eigenvalue weighted by atomic mass is 10.1. The Kier molecular flexibility index (Phi) is 6.43. The second-order valence-corrected chi connectivity index (χ2v) is 4.67. The van der Waals surface area contributed by atoms with E-state index in [0.717, 1.165) is 0 Å². The molecule has 6 nitrogen and oxygen atoms in total. The third-order valence-corrected chi connectivity index (χ3v) is 2.43. The van der Waals surface area contributed by atoms with Crippen molar-refractivity contribution in [3.8, 4) is 5.75 Å². The Morgan fingerprint density at radius 2 is 1.91 bits per heavy atom. The van der Waals surface area contributed by atoms with Crippen molar-refractivity contribution < 1.29 is 23.1 Å². The van der Waals surface area contributed by atoms with E-state index in [1.54, 1.807) is 26.8 Å². The van der Waals surface area contributed by atoms with Crippen LogP contribution in [-0.4, -0.2) is 30.2 Å². The summed E-state index contributed by atoms with van der Waals surface area (Å²) in [6.45, 7) is 2.07. The number of ether oxygens (including phenoxy) is 1. The molecule has 0 radical (unpaired) electrons. The molecule has 0 saturated heterocycles. The number of benzene rings is 1. The summed E-state index contributed by atoms with van der Waals surface area (Å²) in [6, 6.07) is 5.67. The van der Waals surface area contributed by atoms with Crippen LogP contribution < -0.4 is 15.5 Å². The zero-order valence-electron chi connectivity index (χ0n) is 12.4. The fraction of sp³-hybridized carbons (Fsp3) is 0.357. The van der Waals surface area contributed by atoms with Crippen LogP contribution in [0.3, 0.4) is 0 Å². The molecule has 0 atom stereocenters. The number of nitrogens with one attached hydrogen (secondary N) is 2. The highest BCUT2D eigenvalue weighted by Crippen LogP contribution is 2.16. The van der Waals surface area contributed by atoms with Gasteiger partial charge in [0.1, 0.15) is 5.75 Å². The molecule has 1 rings (SSSR count). The summed E-state index contributed by atoms with van der Waals surface area (Å²) in [5.41, 5.74) is 2.91. The van der Waals surface area contributed by atoms with Gasteiger partial charge in [0.05, 0.1) is 5.71 Å². The lowest BCUT2D eigenvalue weighted by Crippen LogP contribution is -2.41. The van der Waals surface area contributed by atoms with Crippen LogP contribution in [0.25, 0.3) is 0 Å². The van der Waals surface area contributed by atoms with E-state index in [-0.39, 0.29) is 11.8 Å². The monoisotopic (exact) mass is 313 g/mol. The summed E-state index contributed by atoms with van der Waals surface area (Å²) >= 11 is 0. The Morgan fingerprint density at radius 1 is 1.23 bits per heavy atom. The molecule has 2 amide bonds. The highest BCUT2D eigenvalue weighted by molar-refractivity contribution is 6.35.